The highest BCUT2D eigenvalue weighted by atomic mass is 19.1. The van der Waals surface area contributed by atoms with Gasteiger partial charge in [-0.1, -0.05) is 54.6 Å². The number of carbonyl (C=O) groups is 2. The highest BCUT2D eigenvalue weighted by Gasteiger charge is 2.35. The molecular weight excluding hydrogens is 437 g/mol. The van der Waals surface area contributed by atoms with Crippen LogP contribution in [0, 0.1) is 17.1 Å². The molecular formula is C26H22FN3O4. The summed E-state index contributed by atoms with van der Waals surface area (Å²) < 4.78 is 14.7. The van der Waals surface area contributed by atoms with Crippen LogP contribution in [0.15, 0.2) is 66.7 Å². The molecule has 3 N–H and O–H groups in total. The first-order valence-electron chi connectivity index (χ1n) is 10.7. The van der Waals surface area contributed by atoms with Gasteiger partial charge < -0.3 is 20.4 Å². The molecule has 2 amide bonds. The van der Waals surface area contributed by atoms with Gasteiger partial charge in [0.05, 0.1) is 11.6 Å². The summed E-state index contributed by atoms with van der Waals surface area (Å²) in [5, 5.41) is 32.1. The van der Waals surface area contributed by atoms with Gasteiger partial charge in [0.1, 0.15) is 5.82 Å². The number of nitrogens with zero attached hydrogens (tertiary/aromatic N) is 2. The zero-order chi connectivity index (χ0) is 24.2. The van der Waals surface area contributed by atoms with Crippen molar-refractivity contribution in [2.45, 2.75) is 31.8 Å². The quantitative estimate of drug-likeness (QED) is 0.523. The fourth-order valence-corrected chi connectivity index (χ4v) is 3.95. The first kappa shape index (κ1) is 23.1. The van der Waals surface area contributed by atoms with Crippen molar-refractivity contribution < 1.29 is 24.2 Å². The van der Waals surface area contributed by atoms with Gasteiger partial charge in [0.15, 0.2) is 12.2 Å². The van der Waals surface area contributed by atoms with E-state index in [1.54, 1.807) is 30.3 Å². The van der Waals surface area contributed by atoms with E-state index in [1.165, 1.54) is 17.0 Å². The minimum Gasteiger partial charge on any atom is -0.380 e. The van der Waals surface area contributed by atoms with Crippen LogP contribution >= 0.6 is 0 Å². The third-order valence-corrected chi connectivity index (χ3v) is 5.81. The highest BCUT2D eigenvalue weighted by Crippen LogP contribution is 2.27. The Kier molecular flexibility index (Phi) is 6.68. The number of rotatable bonds is 6. The van der Waals surface area contributed by atoms with Crippen molar-refractivity contribution in [1.82, 2.24) is 10.2 Å². The van der Waals surface area contributed by atoms with E-state index in [0.29, 0.717) is 29.8 Å². The van der Waals surface area contributed by atoms with Crippen LogP contribution in [-0.4, -0.2) is 39.1 Å². The van der Waals surface area contributed by atoms with Gasteiger partial charge in [0, 0.05) is 30.8 Å². The van der Waals surface area contributed by atoms with Gasteiger partial charge in [-0.15, -0.1) is 0 Å². The Hall–Kier alpha value is -4.06. The maximum Gasteiger partial charge on any atom is 0.255 e. The summed E-state index contributed by atoms with van der Waals surface area (Å²) in [6.45, 7) is 0.463. The van der Waals surface area contributed by atoms with E-state index in [-0.39, 0.29) is 12.1 Å². The maximum atomic E-state index is 14.7. The lowest BCUT2D eigenvalue weighted by atomic mass is 9.98. The second-order valence-corrected chi connectivity index (χ2v) is 8.04. The van der Waals surface area contributed by atoms with Crippen molar-refractivity contribution in [3.05, 3.63) is 94.8 Å². The molecule has 3 aromatic carbocycles. The second kappa shape index (κ2) is 9.83. The predicted octanol–water partition coefficient (Wildman–Crippen LogP) is 2.24. The van der Waals surface area contributed by atoms with E-state index in [1.807, 2.05) is 30.3 Å². The minimum atomic E-state index is -1.97. The van der Waals surface area contributed by atoms with Crippen LogP contribution in [0.2, 0.25) is 0 Å². The molecule has 7 nitrogen and oxygen atoms in total. The summed E-state index contributed by atoms with van der Waals surface area (Å²) in [5.41, 5.74) is 3.35. The van der Waals surface area contributed by atoms with Crippen LogP contribution in [0.5, 0.6) is 0 Å². The van der Waals surface area contributed by atoms with E-state index < -0.39 is 29.8 Å². The number of nitrogens with one attached hydrogen (secondary N) is 1. The number of halogens is 1. The molecule has 8 heteroatoms. The third-order valence-electron chi connectivity index (χ3n) is 5.81. The molecule has 0 radical (unpaired) electrons. The van der Waals surface area contributed by atoms with E-state index in [0.717, 1.165) is 11.1 Å². The average Bonchev–Trinajstić information content (AvgIpc) is 3.30. The molecule has 172 valence electrons. The summed E-state index contributed by atoms with van der Waals surface area (Å²) in [4.78, 5) is 26.3. The van der Waals surface area contributed by atoms with Gasteiger partial charge in [-0.25, -0.2) is 4.39 Å². The average molecular weight is 459 g/mol. The Morgan fingerprint density at radius 1 is 0.971 bits per heavy atom. The maximum absolute atomic E-state index is 14.7. The highest BCUT2D eigenvalue weighted by molar-refractivity contribution is 5.91. The Balaban J connectivity index is 1.36. The van der Waals surface area contributed by atoms with Crippen molar-refractivity contribution in [2.75, 3.05) is 0 Å². The summed E-state index contributed by atoms with van der Waals surface area (Å²) in [6, 6.07) is 20.4. The van der Waals surface area contributed by atoms with Crippen LogP contribution < -0.4 is 5.32 Å². The molecule has 0 fully saturated rings. The van der Waals surface area contributed by atoms with Crippen molar-refractivity contribution in [3.8, 4) is 17.2 Å². The number of aliphatic hydroxyl groups excluding tert-OH is 2. The summed E-state index contributed by atoms with van der Waals surface area (Å²) >= 11 is 0. The lowest BCUT2D eigenvalue weighted by molar-refractivity contribution is -0.153. The van der Waals surface area contributed by atoms with Crippen LogP contribution in [-0.2, 0) is 29.2 Å². The SMILES string of the molecule is N#Cc1ccccc1-c1ccc(CNC(=O)[C@H](O)[C@@H](O)C(=O)N2Cc3ccccc3C2)cc1F. The predicted molar refractivity (Wildman–Crippen MR) is 121 cm³/mol. The molecule has 4 rings (SSSR count). The third kappa shape index (κ3) is 4.66. The molecule has 0 aliphatic carbocycles. The van der Waals surface area contributed by atoms with Gasteiger partial charge in [-0.3, -0.25) is 9.59 Å². The first-order valence-corrected chi connectivity index (χ1v) is 10.7. The van der Waals surface area contributed by atoms with Crippen LogP contribution in [0.1, 0.15) is 22.3 Å². The van der Waals surface area contributed by atoms with Crippen molar-refractivity contribution in [3.63, 3.8) is 0 Å². The number of hydrogen-bond donors (Lipinski definition) is 3. The number of nitriles is 1. The van der Waals surface area contributed by atoms with Gasteiger partial charge in [0.25, 0.3) is 11.8 Å². The number of fused-ring (bicyclic) bond motifs is 1. The van der Waals surface area contributed by atoms with Crippen molar-refractivity contribution in [2.24, 2.45) is 0 Å². The van der Waals surface area contributed by atoms with Gasteiger partial charge in [-0.2, -0.15) is 5.26 Å². The standard InChI is InChI=1S/C26H22FN3O4/c27-22-11-16(9-10-21(22)20-8-4-3-5-17(20)12-28)13-29-25(33)23(31)24(32)26(34)30-14-18-6-1-2-7-19(18)15-30/h1-11,23-24,31-32H,13-15H2,(H,29,33)/t23-,24-/m1/s1. The molecule has 3 aromatic rings. The van der Waals surface area contributed by atoms with Gasteiger partial charge in [0.2, 0.25) is 0 Å². The molecule has 0 aromatic heterocycles. The Morgan fingerprint density at radius 3 is 2.26 bits per heavy atom. The number of amides is 2. The lowest BCUT2D eigenvalue weighted by Gasteiger charge is -2.22. The fraction of sp³-hybridized carbons (Fsp3) is 0.192. The van der Waals surface area contributed by atoms with E-state index in [9.17, 15) is 29.5 Å². The molecule has 1 aliphatic heterocycles. The number of carbonyl (C=O) groups excluding carboxylic acids is 2. The molecule has 1 heterocycles. The first-order chi connectivity index (χ1) is 16.4. The Labute approximate surface area is 195 Å². The molecule has 0 spiro atoms. The van der Waals surface area contributed by atoms with Crippen molar-refractivity contribution >= 4 is 11.8 Å². The van der Waals surface area contributed by atoms with E-state index in [4.69, 9.17) is 0 Å². The molecule has 1 aliphatic rings. The van der Waals surface area contributed by atoms with E-state index >= 15 is 0 Å². The number of hydrogen-bond acceptors (Lipinski definition) is 5. The van der Waals surface area contributed by atoms with Crippen molar-refractivity contribution in [1.29, 1.82) is 5.26 Å². The van der Waals surface area contributed by atoms with Crippen LogP contribution in [0.4, 0.5) is 4.39 Å². The summed E-state index contributed by atoms with van der Waals surface area (Å²) in [6.07, 6.45) is -3.89. The van der Waals surface area contributed by atoms with Gasteiger partial charge in [-0.05, 0) is 28.8 Å². The largest absolute Gasteiger partial charge is 0.380 e. The topological polar surface area (TPSA) is 114 Å². The Bertz CT molecular complexity index is 1260. The zero-order valence-electron chi connectivity index (χ0n) is 18.1. The molecule has 34 heavy (non-hydrogen) atoms. The molecule has 0 saturated carbocycles. The summed E-state index contributed by atoms with van der Waals surface area (Å²) in [5.74, 6) is -2.26. The zero-order valence-corrected chi connectivity index (χ0v) is 18.1. The van der Waals surface area contributed by atoms with E-state index in [2.05, 4.69) is 5.32 Å². The Morgan fingerprint density at radius 2 is 1.62 bits per heavy atom. The number of aliphatic hydroxyl groups is 2. The van der Waals surface area contributed by atoms with Crippen LogP contribution in [0.3, 0.4) is 0 Å². The fourth-order valence-electron chi connectivity index (χ4n) is 3.95. The smallest absolute Gasteiger partial charge is 0.255 e. The molecule has 0 bridgehead atoms. The normalized spacial score (nSPS) is 14.1. The van der Waals surface area contributed by atoms with Crippen LogP contribution in [0.25, 0.3) is 11.1 Å². The second-order valence-electron chi connectivity index (χ2n) is 8.04. The minimum absolute atomic E-state index is 0.122. The van der Waals surface area contributed by atoms with Gasteiger partial charge >= 0.3 is 0 Å². The lowest BCUT2D eigenvalue weighted by Crippen LogP contribution is -2.49. The molecule has 0 unspecified atom stereocenters. The summed E-state index contributed by atoms with van der Waals surface area (Å²) in [7, 11) is 0. The molecule has 2 atom stereocenters. The monoisotopic (exact) mass is 459 g/mol. The molecule has 0 saturated heterocycles. The number of benzene rings is 3.